The SMILES string of the molecule is CN(C(=O)c1cc(F)c(F)cc1Cl)C1COCC1C(=O)O. The fourth-order valence-electron chi connectivity index (χ4n) is 2.19. The summed E-state index contributed by atoms with van der Waals surface area (Å²) in [6.07, 6.45) is 0. The number of nitrogens with zero attached hydrogens (tertiary/aromatic N) is 1. The maximum Gasteiger partial charge on any atom is 0.311 e. The molecule has 8 heteroatoms. The number of carboxylic acids is 1. The van der Waals surface area contributed by atoms with Crippen LogP contribution < -0.4 is 0 Å². The van der Waals surface area contributed by atoms with E-state index in [-0.39, 0.29) is 23.8 Å². The lowest BCUT2D eigenvalue weighted by atomic mass is 10.0. The summed E-state index contributed by atoms with van der Waals surface area (Å²) in [6.45, 7) is 0.0453. The summed E-state index contributed by atoms with van der Waals surface area (Å²) in [4.78, 5) is 24.5. The van der Waals surface area contributed by atoms with Gasteiger partial charge in [-0.1, -0.05) is 11.6 Å². The smallest absolute Gasteiger partial charge is 0.311 e. The van der Waals surface area contributed by atoms with Crippen LogP contribution in [0.2, 0.25) is 5.02 Å². The van der Waals surface area contributed by atoms with Crippen LogP contribution in [-0.2, 0) is 9.53 Å². The second kappa shape index (κ2) is 5.95. The number of likely N-dealkylation sites (N-methyl/N-ethyl adjacent to an activating group) is 1. The van der Waals surface area contributed by atoms with Crippen molar-refractivity contribution in [1.82, 2.24) is 4.90 Å². The first-order chi connectivity index (χ1) is 9.82. The Morgan fingerprint density at radius 3 is 2.57 bits per heavy atom. The Morgan fingerprint density at radius 2 is 1.95 bits per heavy atom. The maximum absolute atomic E-state index is 13.2. The lowest BCUT2D eigenvalue weighted by molar-refractivity contribution is -0.142. The molecule has 1 saturated heterocycles. The molecule has 1 heterocycles. The van der Waals surface area contributed by atoms with Crippen molar-refractivity contribution in [2.75, 3.05) is 20.3 Å². The van der Waals surface area contributed by atoms with Crippen LogP contribution >= 0.6 is 11.6 Å². The Hall–Kier alpha value is -1.73. The lowest BCUT2D eigenvalue weighted by Gasteiger charge is -2.26. The van der Waals surface area contributed by atoms with Crippen molar-refractivity contribution in [3.63, 3.8) is 0 Å². The average Bonchev–Trinajstić information content (AvgIpc) is 2.90. The number of hydrogen-bond donors (Lipinski definition) is 1. The molecule has 0 aromatic heterocycles. The summed E-state index contributed by atoms with van der Waals surface area (Å²) < 4.78 is 31.3. The molecule has 2 unspecified atom stereocenters. The van der Waals surface area contributed by atoms with Crippen molar-refractivity contribution in [3.8, 4) is 0 Å². The first kappa shape index (κ1) is 15.7. The topological polar surface area (TPSA) is 66.8 Å². The summed E-state index contributed by atoms with van der Waals surface area (Å²) in [5.41, 5.74) is -0.228. The molecule has 21 heavy (non-hydrogen) atoms. The number of aliphatic carboxylic acids is 1. The summed E-state index contributed by atoms with van der Waals surface area (Å²) in [5, 5.41) is 8.83. The van der Waals surface area contributed by atoms with E-state index in [0.717, 1.165) is 4.90 Å². The molecule has 1 amide bonds. The molecule has 1 aliphatic rings. The molecule has 2 rings (SSSR count). The number of hydrogen-bond acceptors (Lipinski definition) is 3. The van der Waals surface area contributed by atoms with Crippen LogP contribution in [-0.4, -0.2) is 48.2 Å². The second-order valence-electron chi connectivity index (χ2n) is 4.71. The minimum Gasteiger partial charge on any atom is -0.481 e. The van der Waals surface area contributed by atoms with Gasteiger partial charge in [-0.05, 0) is 12.1 Å². The number of ether oxygens (including phenoxy) is 1. The highest BCUT2D eigenvalue weighted by molar-refractivity contribution is 6.33. The Kier molecular flexibility index (Phi) is 4.43. The first-order valence-corrected chi connectivity index (χ1v) is 6.43. The van der Waals surface area contributed by atoms with Crippen molar-refractivity contribution in [2.24, 2.45) is 5.92 Å². The second-order valence-corrected chi connectivity index (χ2v) is 5.12. The van der Waals surface area contributed by atoms with Crippen molar-refractivity contribution in [1.29, 1.82) is 0 Å². The zero-order valence-electron chi connectivity index (χ0n) is 11.0. The van der Waals surface area contributed by atoms with Gasteiger partial charge in [0.15, 0.2) is 11.6 Å². The number of benzene rings is 1. The highest BCUT2D eigenvalue weighted by Gasteiger charge is 2.39. The van der Waals surface area contributed by atoms with E-state index in [1.807, 2.05) is 0 Å². The molecular formula is C13H12ClF2NO4. The van der Waals surface area contributed by atoms with Crippen LogP contribution in [0, 0.1) is 17.6 Å². The molecule has 1 aromatic carbocycles. The van der Waals surface area contributed by atoms with Gasteiger partial charge in [0.2, 0.25) is 0 Å². The van der Waals surface area contributed by atoms with Crippen molar-refractivity contribution < 1.29 is 28.2 Å². The maximum atomic E-state index is 13.2. The van der Waals surface area contributed by atoms with Gasteiger partial charge in [-0.2, -0.15) is 0 Å². The molecule has 5 nitrogen and oxygen atoms in total. The number of carbonyl (C=O) groups is 2. The van der Waals surface area contributed by atoms with Gasteiger partial charge in [-0.15, -0.1) is 0 Å². The van der Waals surface area contributed by atoms with Crippen LogP contribution in [0.15, 0.2) is 12.1 Å². The van der Waals surface area contributed by atoms with E-state index >= 15 is 0 Å². The summed E-state index contributed by atoms with van der Waals surface area (Å²) in [6, 6.07) is 0.707. The molecule has 0 aliphatic carbocycles. The van der Waals surface area contributed by atoms with Gasteiger partial charge in [0.25, 0.3) is 5.91 Å². The van der Waals surface area contributed by atoms with Crippen molar-refractivity contribution in [3.05, 3.63) is 34.4 Å². The Bertz CT molecular complexity index is 596. The van der Waals surface area contributed by atoms with E-state index in [0.29, 0.717) is 12.1 Å². The van der Waals surface area contributed by atoms with Crippen molar-refractivity contribution in [2.45, 2.75) is 6.04 Å². The molecule has 1 N–H and O–H groups in total. The van der Waals surface area contributed by atoms with Crippen molar-refractivity contribution >= 4 is 23.5 Å². The quantitative estimate of drug-likeness (QED) is 0.863. The summed E-state index contributed by atoms with van der Waals surface area (Å²) >= 11 is 5.74. The van der Waals surface area contributed by atoms with Crippen LogP contribution in [0.3, 0.4) is 0 Å². The molecule has 2 atom stereocenters. The third-order valence-corrected chi connectivity index (χ3v) is 3.74. The first-order valence-electron chi connectivity index (χ1n) is 6.05. The van der Waals surface area contributed by atoms with Gasteiger partial charge < -0.3 is 14.7 Å². The highest BCUT2D eigenvalue weighted by Crippen LogP contribution is 2.25. The summed E-state index contributed by atoms with van der Waals surface area (Å²) in [5.74, 6) is -5.02. The van der Waals surface area contributed by atoms with Gasteiger partial charge >= 0.3 is 5.97 Å². The average molecular weight is 320 g/mol. The van der Waals surface area contributed by atoms with Crippen LogP contribution in [0.5, 0.6) is 0 Å². The van der Waals surface area contributed by atoms with Crippen LogP contribution in [0.4, 0.5) is 8.78 Å². The van der Waals surface area contributed by atoms with Gasteiger partial charge in [-0.25, -0.2) is 8.78 Å². The van der Waals surface area contributed by atoms with E-state index in [9.17, 15) is 18.4 Å². The molecular weight excluding hydrogens is 308 g/mol. The highest BCUT2D eigenvalue weighted by atomic mass is 35.5. The molecule has 1 aromatic rings. The van der Waals surface area contributed by atoms with Crippen LogP contribution in [0.25, 0.3) is 0 Å². The van der Waals surface area contributed by atoms with E-state index in [2.05, 4.69) is 0 Å². The fraction of sp³-hybridized carbons (Fsp3) is 0.385. The predicted octanol–water partition coefficient (Wildman–Crippen LogP) is 1.79. The standard InChI is InChI=1S/C13H12ClF2NO4/c1-17(11-5-21-4-7(11)13(19)20)12(18)6-2-9(15)10(16)3-8(6)14/h2-3,7,11H,4-5H2,1H3,(H,19,20). The monoisotopic (exact) mass is 319 g/mol. The zero-order chi connectivity index (χ0) is 15.7. The number of carbonyl (C=O) groups excluding carboxylic acids is 1. The Morgan fingerprint density at radius 1 is 1.33 bits per heavy atom. The Labute approximate surface area is 124 Å². The molecule has 0 bridgehead atoms. The lowest BCUT2D eigenvalue weighted by Crippen LogP contribution is -2.44. The normalized spacial score (nSPS) is 21.3. The molecule has 0 spiro atoms. The van der Waals surface area contributed by atoms with Gasteiger partial charge in [-0.3, -0.25) is 9.59 Å². The van der Waals surface area contributed by atoms with Crippen LogP contribution in [0.1, 0.15) is 10.4 Å². The zero-order valence-corrected chi connectivity index (χ0v) is 11.7. The predicted molar refractivity (Wildman–Crippen MR) is 69.2 cm³/mol. The van der Waals surface area contributed by atoms with E-state index in [1.54, 1.807) is 0 Å². The molecule has 1 aliphatic heterocycles. The van der Waals surface area contributed by atoms with Gasteiger partial charge in [0.1, 0.15) is 5.92 Å². The van der Waals surface area contributed by atoms with E-state index < -0.39 is 35.5 Å². The number of amides is 1. The van der Waals surface area contributed by atoms with Gasteiger partial charge in [0.05, 0.1) is 29.8 Å². The molecule has 0 radical (unpaired) electrons. The molecule has 0 saturated carbocycles. The minimum absolute atomic E-state index is 0.0108. The Balaban J connectivity index is 2.27. The summed E-state index contributed by atoms with van der Waals surface area (Å²) in [7, 11) is 1.37. The fourth-order valence-corrected chi connectivity index (χ4v) is 2.42. The van der Waals surface area contributed by atoms with E-state index in [1.165, 1.54) is 7.05 Å². The number of carboxylic acid groups (broad SMARTS) is 1. The van der Waals surface area contributed by atoms with E-state index in [4.69, 9.17) is 21.4 Å². The third kappa shape index (κ3) is 2.98. The number of halogens is 3. The van der Waals surface area contributed by atoms with Gasteiger partial charge in [0, 0.05) is 7.05 Å². The molecule has 1 fully saturated rings. The molecule has 114 valence electrons. The minimum atomic E-state index is -1.20. The number of rotatable bonds is 3. The third-order valence-electron chi connectivity index (χ3n) is 3.43. The largest absolute Gasteiger partial charge is 0.481 e.